The van der Waals surface area contributed by atoms with Crippen LogP contribution in [0.5, 0.6) is 0 Å². The normalized spacial score (nSPS) is 17.1. The summed E-state index contributed by atoms with van der Waals surface area (Å²) in [7, 11) is 0. The molecule has 0 amide bonds. The number of nitrogens with one attached hydrogen (secondary N) is 1. The topological polar surface area (TPSA) is 83.0 Å². The van der Waals surface area contributed by atoms with E-state index in [4.69, 9.17) is 5.11 Å². The van der Waals surface area contributed by atoms with Crippen molar-refractivity contribution in [3.8, 4) is 0 Å². The van der Waals surface area contributed by atoms with Gasteiger partial charge in [-0.05, 0) is 36.2 Å². The van der Waals surface area contributed by atoms with E-state index in [-0.39, 0.29) is 75.9 Å². The number of nitrogens with zero attached hydrogens (tertiary/aromatic N) is 1. The minimum absolute atomic E-state index is 0. The van der Waals surface area contributed by atoms with Gasteiger partial charge in [-0.15, -0.1) is 11.3 Å². The summed E-state index contributed by atoms with van der Waals surface area (Å²) in [4.78, 5) is 31.4. The van der Waals surface area contributed by atoms with Crippen molar-refractivity contribution in [3.63, 3.8) is 0 Å². The van der Waals surface area contributed by atoms with Crippen LogP contribution in [0, 0.1) is 11.3 Å². The molecule has 0 aromatic carbocycles. The first-order valence-corrected chi connectivity index (χ1v) is 7.87. The summed E-state index contributed by atoms with van der Waals surface area (Å²) in [6, 6.07) is 0. The van der Waals surface area contributed by atoms with Gasteiger partial charge < -0.3 is 10.1 Å². The third-order valence-corrected chi connectivity index (χ3v) is 5.49. The van der Waals surface area contributed by atoms with Crippen molar-refractivity contribution in [2.24, 2.45) is 11.3 Å². The summed E-state index contributed by atoms with van der Waals surface area (Å²) in [5.74, 6) is -0.900. The molecule has 2 aromatic rings. The van der Waals surface area contributed by atoms with Crippen molar-refractivity contribution in [3.05, 3.63) is 26.6 Å². The van der Waals surface area contributed by atoms with Gasteiger partial charge in [-0.3, -0.25) is 4.79 Å². The molecule has 3 rings (SSSR count). The molecule has 0 aliphatic heterocycles. The van der Waals surface area contributed by atoms with Gasteiger partial charge in [0.05, 0.1) is 5.39 Å². The van der Waals surface area contributed by atoms with Gasteiger partial charge in [0.2, 0.25) is 5.82 Å². The molecule has 1 aliphatic rings. The third-order valence-electron chi connectivity index (χ3n) is 4.35. The van der Waals surface area contributed by atoms with Gasteiger partial charge in [0, 0.05) is 64.0 Å². The average molecular weight is 352 g/mol. The SMILES string of the molecule is CC(C)(C)C1CCc2c(sc3nc(C(=O)O)[nH]c(=O)c23)C1.[Na].[Na]. The smallest absolute Gasteiger partial charge is 0.372 e. The number of hydrogen-bond acceptors (Lipinski definition) is 4. The monoisotopic (exact) mass is 352 g/mol. The fraction of sp³-hybridized carbons (Fsp3) is 0.533. The minimum atomic E-state index is -1.20. The van der Waals surface area contributed by atoms with Gasteiger partial charge in [-0.1, -0.05) is 20.8 Å². The van der Waals surface area contributed by atoms with Crippen molar-refractivity contribution in [2.45, 2.75) is 40.0 Å². The van der Waals surface area contributed by atoms with Crippen molar-refractivity contribution in [2.75, 3.05) is 0 Å². The van der Waals surface area contributed by atoms with Gasteiger partial charge in [-0.25, -0.2) is 9.78 Å². The van der Waals surface area contributed by atoms with Crippen LogP contribution in [-0.2, 0) is 12.8 Å². The maximum Gasteiger partial charge on any atom is 0.372 e. The second-order valence-electron chi connectivity index (χ2n) is 6.71. The number of aromatic carboxylic acids is 1. The van der Waals surface area contributed by atoms with E-state index in [1.165, 1.54) is 16.2 Å². The number of carboxylic acids is 1. The van der Waals surface area contributed by atoms with E-state index in [9.17, 15) is 9.59 Å². The van der Waals surface area contributed by atoms with Crippen LogP contribution in [0.4, 0.5) is 0 Å². The zero-order chi connectivity index (χ0) is 15.4. The molecular formula is C15H18N2Na2O3S. The molecule has 1 aliphatic carbocycles. The Morgan fingerprint density at radius 3 is 2.57 bits per heavy atom. The number of aromatic amines is 1. The standard InChI is InChI=1S/C15H18N2O3S.2Na/c1-15(2,3)7-4-5-8-9(6-7)21-13-10(8)12(18)16-11(17-13)14(19)20;;/h7H,4-6H2,1-3H3,(H,19,20)(H,16,17,18);;. The molecule has 0 spiro atoms. The van der Waals surface area contributed by atoms with Crippen molar-refractivity contribution >= 4 is 86.6 Å². The molecule has 2 N–H and O–H groups in total. The van der Waals surface area contributed by atoms with Crippen LogP contribution >= 0.6 is 11.3 Å². The van der Waals surface area contributed by atoms with Crippen molar-refractivity contribution < 1.29 is 9.90 Å². The Bertz CT molecular complexity index is 792. The molecule has 114 valence electrons. The van der Waals surface area contributed by atoms with Gasteiger partial charge in [0.15, 0.2) is 0 Å². The van der Waals surface area contributed by atoms with E-state index in [1.807, 2.05) is 0 Å². The number of carbonyl (C=O) groups is 1. The second-order valence-corrected chi connectivity index (χ2v) is 7.79. The Labute approximate surface area is 182 Å². The van der Waals surface area contributed by atoms with Crippen LogP contribution in [0.1, 0.15) is 48.3 Å². The molecule has 5 nitrogen and oxygen atoms in total. The predicted molar refractivity (Wildman–Crippen MR) is 93.7 cm³/mol. The van der Waals surface area contributed by atoms with Crippen LogP contribution in [0.2, 0.25) is 0 Å². The van der Waals surface area contributed by atoms with Crippen LogP contribution in [0.15, 0.2) is 4.79 Å². The number of H-pyrrole nitrogens is 1. The Balaban J connectivity index is 0.00000132. The quantitative estimate of drug-likeness (QED) is 0.770. The minimum Gasteiger partial charge on any atom is -0.475 e. The number of hydrogen-bond donors (Lipinski definition) is 2. The van der Waals surface area contributed by atoms with E-state index in [2.05, 4.69) is 30.7 Å². The first-order chi connectivity index (χ1) is 9.77. The summed E-state index contributed by atoms with van der Waals surface area (Å²) in [5.41, 5.74) is 0.977. The average Bonchev–Trinajstić information content (AvgIpc) is 2.74. The molecule has 23 heavy (non-hydrogen) atoms. The Morgan fingerprint density at radius 2 is 2.00 bits per heavy atom. The van der Waals surface area contributed by atoms with E-state index >= 15 is 0 Å². The Kier molecular flexibility index (Phi) is 7.13. The summed E-state index contributed by atoms with van der Waals surface area (Å²) in [6.45, 7) is 6.72. The summed E-state index contributed by atoms with van der Waals surface area (Å²) >= 11 is 1.47. The summed E-state index contributed by atoms with van der Waals surface area (Å²) < 4.78 is 0. The number of fused-ring (bicyclic) bond motifs is 3. The predicted octanol–water partition coefficient (Wildman–Crippen LogP) is 2.07. The number of rotatable bonds is 1. The van der Waals surface area contributed by atoms with Crippen LogP contribution < -0.4 is 5.56 Å². The maximum atomic E-state index is 12.2. The molecule has 1 atom stereocenters. The first-order valence-electron chi connectivity index (χ1n) is 7.05. The van der Waals surface area contributed by atoms with Crippen LogP contribution in [-0.4, -0.2) is 80.2 Å². The summed E-state index contributed by atoms with van der Waals surface area (Å²) in [6.07, 6.45) is 2.87. The molecule has 0 saturated heterocycles. The molecule has 0 fully saturated rings. The van der Waals surface area contributed by atoms with E-state index in [0.29, 0.717) is 16.1 Å². The Morgan fingerprint density at radius 1 is 1.35 bits per heavy atom. The molecule has 0 bridgehead atoms. The fourth-order valence-corrected chi connectivity index (χ4v) is 4.32. The van der Waals surface area contributed by atoms with Gasteiger partial charge in [0.25, 0.3) is 5.56 Å². The van der Waals surface area contributed by atoms with Gasteiger partial charge in [-0.2, -0.15) is 0 Å². The van der Waals surface area contributed by atoms with Crippen molar-refractivity contribution in [1.29, 1.82) is 0 Å². The molecular weight excluding hydrogens is 334 g/mol. The first kappa shape index (κ1) is 21.4. The maximum absolute atomic E-state index is 12.2. The molecule has 0 saturated carbocycles. The number of aromatic nitrogens is 2. The van der Waals surface area contributed by atoms with E-state index < -0.39 is 5.97 Å². The molecule has 2 heterocycles. The molecule has 1 unspecified atom stereocenters. The molecule has 2 radical (unpaired) electrons. The van der Waals surface area contributed by atoms with Crippen LogP contribution in [0.25, 0.3) is 10.2 Å². The largest absolute Gasteiger partial charge is 0.475 e. The number of aryl methyl sites for hydroxylation is 1. The number of thiophene rings is 1. The molecule has 8 heteroatoms. The van der Waals surface area contributed by atoms with Gasteiger partial charge in [0.1, 0.15) is 4.83 Å². The molecule has 2 aromatic heterocycles. The van der Waals surface area contributed by atoms with Gasteiger partial charge >= 0.3 is 5.97 Å². The third kappa shape index (κ3) is 4.11. The fourth-order valence-electron chi connectivity index (χ4n) is 3.02. The second kappa shape index (κ2) is 7.68. The summed E-state index contributed by atoms with van der Waals surface area (Å²) in [5, 5.41) is 9.58. The van der Waals surface area contributed by atoms with E-state index in [0.717, 1.165) is 24.8 Å². The zero-order valence-electron chi connectivity index (χ0n) is 14.3. The van der Waals surface area contributed by atoms with Crippen LogP contribution in [0.3, 0.4) is 0 Å². The van der Waals surface area contributed by atoms with E-state index in [1.54, 1.807) is 0 Å². The zero-order valence-corrected chi connectivity index (χ0v) is 19.1. The van der Waals surface area contributed by atoms with Crippen molar-refractivity contribution in [1.82, 2.24) is 9.97 Å². The number of carboxylic acid groups (broad SMARTS) is 1. The Hall–Kier alpha value is 0.310.